The average molecular weight is 790 g/mol. The SMILES string of the molecule is Cc1nn(CCOC(F)F)c(C)c1-c1ccc(-c2cnc(C(=O)Nc3ccc(C(=O)N4CCN(C(=O)CCC(=O)C[NH+](C)C)CC4)c(Cl)c3)n2C)c(F)c1F. The first kappa shape index (κ1) is 41.0. The van der Waals surface area contributed by atoms with E-state index in [1.165, 1.54) is 52.8 Å². The number of benzene rings is 2. The second kappa shape index (κ2) is 17.6. The van der Waals surface area contributed by atoms with Crippen LogP contribution in [0.1, 0.15) is 45.2 Å². The Hall–Kier alpha value is -5.13. The van der Waals surface area contributed by atoms with Crippen LogP contribution in [0.2, 0.25) is 5.02 Å². The Morgan fingerprint density at radius 1 is 0.964 bits per heavy atom. The van der Waals surface area contributed by atoms with E-state index in [0.29, 0.717) is 36.6 Å². The predicted octanol–water partition coefficient (Wildman–Crippen LogP) is 3.77. The van der Waals surface area contributed by atoms with Crippen LogP contribution in [0.5, 0.6) is 0 Å². The van der Waals surface area contributed by atoms with E-state index in [4.69, 9.17) is 11.6 Å². The molecule has 3 amide bonds. The zero-order valence-electron chi connectivity index (χ0n) is 31.0. The number of alkyl halides is 2. The molecule has 0 saturated carbocycles. The van der Waals surface area contributed by atoms with Crippen LogP contribution in [0.3, 0.4) is 0 Å². The van der Waals surface area contributed by atoms with E-state index in [9.17, 15) is 28.0 Å². The van der Waals surface area contributed by atoms with E-state index in [1.807, 2.05) is 14.1 Å². The lowest BCUT2D eigenvalue weighted by Gasteiger charge is -2.35. The molecule has 294 valence electrons. The molecule has 5 rings (SSSR count). The number of imidazole rings is 1. The molecule has 55 heavy (non-hydrogen) atoms. The molecule has 4 aromatic rings. The maximum atomic E-state index is 15.6. The normalized spacial score (nSPS) is 13.2. The van der Waals surface area contributed by atoms with Crippen molar-refractivity contribution in [1.82, 2.24) is 29.1 Å². The number of aryl methyl sites for hydroxylation is 1. The lowest BCUT2D eigenvalue weighted by molar-refractivity contribution is -0.849. The molecule has 3 heterocycles. The average Bonchev–Trinajstić information content (AvgIpc) is 3.65. The molecule has 1 saturated heterocycles. The monoisotopic (exact) mass is 789 g/mol. The van der Waals surface area contributed by atoms with E-state index in [2.05, 4.69) is 20.1 Å². The first-order chi connectivity index (χ1) is 26.1. The Kier molecular flexibility index (Phi) is 13.1. The van der Waals surface area contributed by atoms with Crippen LogP contribution in [-0.2, 0) is 27.9 Å². The van der Waals surface area contributed by atoms with Gasteiger partial charge in [0.25, 0.3) is 11.8 Å². The fraction of sp³-hybridized carbons (Fsp3) is 0.405. The number of carbonyl (C=O) groups excluding carboxylic acids is 4. The van der Waals surface area contributed by atoms with Gasteiger partial charge in [0.15, 0.2) is 23.2 Å². The molecule has 0 aliphatic carbocycles. The zero-order valence-corrected chi connectivity index (χ0v) is 31.8. The Balaban J connectivity index is 1.22. The Morgan fingerprint density at radius 2 is 1.62 bits per heavy atom. The highest BCUT2D eigenvalue weighted by molar-refractivity contribution is 6.34. The summed E-state index contributed by atoms with van der Waals surface area (Å²) in [5, 5.41) is 7.01. The van der Waals surface area contributed by atoms with Crippen molar-refractivity contribution in [1.29, 1.82) is 0 Å². The molecule has 0 atom stereocenters. The van der Waals surface area contributed by atoms with Crippen molar-refractivity contribution < 1.29 is 46.4 Å². The molecule has 1 fully saturated rings. The number of piperazine rings is 1. The summed E-state index contributed by atoms with van der Waals surface area (Å²) in [5.41, 5.74) is 1.46. The number of ketones is 1. The number of likely N-dealkylation sites (N-methyl/N-ethyl adjacent to an activating group) is 1. The van der Waals surface area contributed by atoms with Gasteiger partial charge in [0.05, 0.1) is 55.4 Å². The molecule has 0 bridgehead atoms. The lowest BCUT2D eigenvalue weighted by atomic mass is 10.00. The van der Waals surface area contributed by atoms with Crippen LogP contribution in [-0.4, -0.2) is 113 Å². The summed E-state index contributed by atoms with van der Waals surface area (Å²) in [5.74, 6) is -3.60. The highest BCUT2D eigenvalue weighted by atomic mass is 35.5. The largest absolute Gasteiger partial charge is 0.345 e. The summed E-state index contributed by atoms with van der Waals surface area (Å²) < 4.78 is 63.1. The number of amides is 3. The second-order valence-electron chi connectivity index (χ2n) is 13.5. The molecule has 1 aliphatic rings. The number of carbonyl (C=O) groups is 4. The number of hydrogen-bond donors (Lipinski definition) is 2. The third-order valence-corrected chi connectivity index (χ3v) is 9.61. The summed E-state index contributed by atoms with van der Waals surface area (Å²) in [4.78, 5) is 59.5. The van der Waals surface area contributed by atoms with Gasteiger partial charge in [-0.3, -0.25) is 23.9 Å². The molecule has 18 heteroatoms. The van der Waals surface area contributed by atoms with Crippen molar-refractivity contribution in [2.24, 2.45) is 7.05 Å². The maximum Gasteiger partial charge on any atom is 0.345 e. The fourth-order valence-corrected chi connectivity index (χ4v) is 6.77. The first-order valence-electron chi connectivity index (χ1n) is 17.5. The molecule has 2 aromatic heterocycles. The highest BCUT2D eigenvalue weighted by Crippen LogP contribution is 2.35. The van der Waals surface area contributed by atoms with Crippen LogP contribution in [0, 0.1) is 25.5 Å². The van der Waals surface area contributed by atoms with Crippen LogP contribution >= 0.6 is 11.6 Å². The van der Waals surface area contributed by atoms with Crippen LogP contribution in [0.15, 0.2) is 36.5 Å². The quantitative estimate of drug-likeness (QED) is 0.186. The predicted molar refractivity (Wildman–Crippen MR) is 195 cm³/mol. The number of nitrogens with zero attached hydrogens (tertiary/aromatic N) is 6. The Labute approximate surface area is 319 Å². The number of aromatic nitrogens is 4. The molecule has 0 spiro atoms. The summed E-state index contributed by atoms with van der Waals surface area (Å²) in [6, 6.07) is 7.11. The number of quaternary nitrogens is 1. The molecule has 0 radical (unpaired) electrons. The van der Waals surface area contributed by atoms with Crippen molar-refractivity contribution in [2.45, 2.75) is 39.8 Å². The molecule has 0 unspecified atom stereocenters. The molecule has 1 aliphatic heterocycles. The first-order valence-corrected chi connectivity index (χ1v) is 17.9. The number of nitrogens with one attached hydrogen (secondary N) is 2. The number of hydrogen-bond acceptors (Lipinski definition) is 7. The topological polar surface area (TPSA) is 136 Å². The summed E-state index contributed by atoms with van der Waals surface area (Å²) >= 11 is 6.48. The van der Waals surface area contributed by atoms with Gasteiger partial charge in [-0.15, -0.1) is 0 Å². The fourth-order valence-electron chi connectivity index (χ4n) is 6.51. The van der Waals surface area contributed by atoms with Gasteiger partial charge in [-0.05, 0) is 38.1 Å². The number of anilines is 1. The van der Waals surface area contributed by atoms with Crippen LogP contribution in [0.25, 0.3) is 22.4 Å². The van der Waals surface area contributed by atoms with E-state index >= 15 is 8.78 Å². The van der Waals surface area contributed by atoms with Crippen molar-refractivity contribution in [3.8, 4) is 22.4 Å². The molecule has 2 aromatic carbocycles. The van der Waals surface area contributed by atoms with E-state index in [-0.39, 0.29) is 95.6 Å². The third kappa shape index (κ3) is 9.40. The van der Waals surface area contributed by atoms with Gasteiger partial charge in [-0.1, -0.05) is 17.7 Å². The zero-order chi connectivity index (χ0) is 40.1. The van der Waals surface area contributed by atoms with Gasteiger partial charge in [0.1, 0.15) is 6.54 Å². The van der Waals surface area contributed by atoms with Crippen molar-refractivity contribution in [3.63, 3.8) is 0 Å². The van der Waals surface area contributed by atoms with Gasteiger partial charge in [-0.2, -0.15) is 13.9 Å². The van der Waals surface area contributed by atoms with Crippen molar-refractivity contribution in [2.75, 3.05) is 58.7 Å². The van der Waals surface area contributed by atoms with Gasteiger partial charge >= 0.3 is 6.61 Å². The summed E-state index contributed by atoms with van der Waals surface area (Å²) in [6.07, 6.45) is 1.54. The number of rotatable bonds is 14. The van der Waals surface area contributed by atoms with Gasteiger partial charge < -0.3 is 29.3 Å². The van der Waals surface area contributed by atoms with E-state index < -0.39 is 24.2 Å². The molecular weight excluding hydrogens is 748 g/mol. The van der Waals surface area contributed by atoms with Crippen molar-refractivity contribution in [3.05, 3.63) is 76.0 Å². The van der Waals surface area contributed by atoms with E-state index in [1.54, 1.807) is 23.6 Å². The minimum Gasteiger partial charge on any atom is -0.339 e. The van der Waals surface area contributed by atoms with E-state index in [0.717, 1.165) is 4.90 Å². The van der Waals surface area contributed by atoms with Gasteiger partial charge in [0, 0.05) is 74.1 Å². The Morgan fingerprint density at radius 3 is 2.27 bits per heavy atom. The molecular formula is C37H42ClF4N8O5+. The second-order valence-corrected chi connectivity index (χ2v) is 13.9. The Bertz CT molecular complexity index is 2100. The summed E-state index contributed by atoms with van der Waals surface area (Å²) in [6.45, 7) is 1.50. The number of ether oxygens (including phenoxy) is 1. The van der Waals surface area contributed by atoms with Crippen molar-refractivity contribution >= 4 is 40.8 Å². The lowest BCUT2D eigenvalue weighted by Crippen LogP contribution is -3.06. The summed E-state index contributed by atoms with van der Waals surface area (Å²) in [7, 11) is 5.21. The minimum atomic E-state index is -2.94. The van der Waals surface area contributed by atoms with Gasteiger partial charge in [0.2, 0.25) is 5.91 Å². The van der Waals surface area contributed by atoms with Crippen LogP contribution < -0.4 is 10.2 Å². The molecule has 13 nitrogen and oxygen atoms in total. The standard InChI is InChI=1S/C37H41ClF4N8O5/c1-21-31(22(2)50(45-21)16-17-55-37(41)42)27-10-9-26(32(39)33(27)40)29-19-43-34(47(29)5)35(53)44-23-6-8-25(28(38)18-23)36(54)49-14-12-48(13-15-49)30(52)11-7-24(51)20-46(3)4/h6,8-10,18-19,37H,7,11-17,20H2,1-5H3,(H,44,53)/p+1. The number of Topliss-reactive ketones (excluding diaryl/α,β-unsaturated/α-hetero) is 1. The third-order valence-electron chi connectivity index (χ3n) is 9.29. The number of halogens is 5. The highest BCUT2D eigenvalue weighted by Gasteiger charge is 2.28. The smallest absolute Gasteiger partial charge is 0.339 e. The van der Waals surface area contributed by atoms with Gasteiger partial charge in [-0.25, -0.2) is 13.8 Å². The molecule has 2 N–H and O–H groups in total. The maximum absolute atomic E-state index is 15.6. The minimum absolute atomic E-state index is 0.0140. The van der Waals surface area contributed by atoms with Crippen LogP contribution in [0.4, 0.5) is 23.2 Å².